The van der Waals surface area contributed by atoms with Gasteiger partial charge in [-0.2, -0.15) is 0 Å². The molecule has 7 heteroatoms. The lowest BCUT2D eigenvalue weighted by atomic mass is 9.94. The van der Waals surface area contributed by atoms with Crippen LogP contribution in [0.3, 0.4) is 0 Å². The molecular weight excluding hydrogens is 475 g/mol. The molecule has 182 valence electrons. The Bertz CT molecular complexity index is 1570. The molecule has 1 amide bonds. The zero-order chi connectivity index (χ0) is 25.7. The molecule has 1 aliphatic rings. The van der Waals surface area contributed by atoms with Crippen LogP contribution in [0.1, 0.15) is 53.6 Å². The Hall–Kier alpha value is -3.84. The SMILES string of the molecule is Cc1cccc(C2/C(=C(\O)c3ccc(F)c(C)c3)C(=O)C(=O)N2c2nc3ccc(C(C)C)cc3s2)c1. The number of ketones is 1. The molecule has 4 aromatic rings. The molecule has 36 heavy (non-hydrogen) atoms. The Morgan fingerprint density at radius 2 is 1.83 bits per heavy atom. The first kappa shape index (κ1) is 23.9. The highest BCUT2D eigenvalue weighted by Gasteiger charge is 2.48. The number of halogens is 1. The van der Waals surface area contributed by atoms with Gasteiger partial charge in [0.1, 0.15) is 11.6 Å². The van der Waals surface area contributed by atoms with E-state index in [0.29, 0.717) is 22.2 Å². The number of hydrogen-bond donors (Lipinski definition) is 1. The van der Waals surface area contributed by atoms with Crippen LogP contribution in [-0.4, -0.2) is 21.8 Å². The second-order valence-electron chi connectivity index (χ2n) is 9.43. The predicted molar refractivity (Wildman–Crippen MR) is 141 cm³/mol. The van der Waals surface area contributed by atoms with E-state index in [1.54, 1.807) is 6.92 Å². The van der Waals surface area contributed by atoms with Gasteiger partial charge in [-0.15, -0.1) is 0 Å². The van der Waals surface area contributed by atoms with Gasteiger partial charge in [0.25, 0.3) is 5.78 Å². The smallest absolute Gasteiger partial charge is 0.301 e. The van der Waals surface area contributed by atoms with Crippen molar-refractivity contribution in [2.75, 3.05) is 4.90 Å². The predicted octanol–water partition coefficient (Wildman–Crippen LogP) is 6.80. The fourth-order valence-electron chi connectivity index (χ4n) is 4.52. The summed E-state index contributed by atoms with van der Waals surface area (Å²) < 4.78 is 14.8. The van der Waals surface area contributed by atoms with Crippen LogP contribution in [0.25, 0.3) is 16.0 Å². The Kier molecular flexibility index (Phi) is 5.96. The summed E-state index contributed by atoms with van der Waals surface area (Å²) in [6.45, 7) is 7.71. The van der Waals surface area contributed by atoms with E-state index in [9.17, 15) is 19.1 Å². The van der Waals surface area contributed by atoms with Crippen LogP contribution in [-0.2, 0) is 9.59 Å². The molecule has 0 aliphatic carbocycles. The summed E-state index contributed by atoms with van der Waals surface area (Å²) in [7, 11) is 0. The number of aliphatic hydroxyl groups is 1. The monoisotopic (exact) mass is 500 g/mol. The summed E-state index contributed by atoms with van der Waals surface area (Å²) in [5, 5.41) is 11.7. The molecule has 2 heterocycles. The average molecular weight is 501 g/mol. The quantitative estimate of drug-likeness (QED) is 0.190. The van der Waals surface area contributed by atoms with E-state index >= 15 is 0 Å². The molecule has 1 N–H and O–H groups in total. The topological polar surface area (TPSA) is 70.5 Å². The Labute approximate surface area is 212 Å². The number of fused-ring (bicyclic) bond motifs is 1. The molecule has 1 fully saturated rings. The molecule has 0 saturated carbocycles. The number of carbonyl (C=O) groups excluding carboxylic acids is 2. The van der Waals surface area contributed by atoms with Gasteiger partial charge >= 0.3 is 5.91 Å². The van der Waals surface area contributed by atoms with Crippen LogP contribution < -0.4 is 4.90 Å². The molecule has 0 radical (unpaired) electrons. The molecule has 1 aliphatic heterocycles. The number of aryl methyl sites for hydroxylation is 2. The van der Waals surface area contributed by atoms with Crippen LogP contribution in [0.2, 0.25) is 0 Å². The van der Waals surface area contributed by atoms with Crippen molar-refractivity contribution in [2.24, 2.45) is 0 Å². The molecule has 1 saturated heterocycles. The lowest BCUT2D eigenvalue weighted by Crippen LogP contribution is -2.29. The summed E-state index contributed by atoms with van der Waals surface area (Å²) in [5.74, 6) is -1.99. The lowest BCUT2D eigenvalue weighted by molar-refractivity contribution is -0.132. The first-order chi connectivity index (χ1) is 17.2. The zero-order valence-electron chi connectivity index (χ0n) is 20.4. The number of nitrogens with zero attached hydrogens (tertiary/aromatic N) is 2. The third kappa shape index (κ3) is 3.99. The van der Waals surface area contributed by atoms with Gasteiger partial charge < -0.3 is 5.11 Å². The minimum atomic E-state index is -0.875. The highest BCUT2D eigenvalue weighted by atomic mass is 32.1. The van der Waals surface area contributed by atoms with Crippen molar-refractivity contribution in [1.29, 1.82) is 0 Å². The van der Waals surface area contributed by atoms with E-state index in [0.717, 1.165) is 21.3 Å². The second kappa shape index (κ2) is 8.99. The van der Waals surface area contributed by atoms with Gasteiger partial charge in [-0.05, 0) is 66.8 Å². The Morgan fingerprint density at radius 1 is 1.06 bits per heavy atom. The Morgan fingerprint density at radius 3 is 2.53 bits per heavy atom. The third-order valence-corrected chi connectivity index (χ3v) is 7.53. The standard InChI is InChI=1S/C29H25FN2O3S/c1-15(2)18-9-11-22-23(14-18)36-29(31-22)32-25(19-7-5-6-16(3)12-19)24(27(34)28(32)35)26(33)20-8-10-21(30)17(4)13-20/h5-15,25,33H,1-4H3/b26-24+. The molecule has 1 unspecified atom stereocenters. The highest BCUT2D eigenvalue weighted by molar-refractivity contribution is 7.22. The molecular formula is C29H25FN2O3S. The van der Waals surface area contributed by atoms with Crippen LogP contribution in [0, 0.1) is 19.7 Å². The normalized spacial score (nSPS) is 17.5. The summed E-state index contributed by atoms with van der Waals surface area (Å²) in [4.78, 5) is 32.9. The van der Waals surface area contributed by atoms with E-state index in [2.05, 4.69) is 24.9 Å². The minimum absolute atomic E-state index is 0.0428. The van der Waals surface area contributed by atoms with Crippen LogP contribution in [0.4, 0.5) is 9.52 Å². The number of rotatable bonds is 4. The maximum Gasteiger partial charge on any atom is 0.301 e. The molecule has 0 spiro atoms. The molecule has 1 aromatic heterocycles. The second-order valence-corrected chi connectivity index (χ2v) is 10.4. The van der Waals surface area contributed by atoms with E-state index in [-0.39, 0.29) is 16.9 Å². The highest BCUT2D eigenvalue weighted by Crippen LogP contribution is 2.44. The van der Waals surface area contributed by atoms with E-state index in [4.69, 9.17) is 0 Å². The van der Waals surface area contributed by atoms with Gasteiger partial charge in [-0.3, -0.25) is 14.5 Å². The number of Topliss-reactive ketones (excluding diaryl/α,β-unsaturated/α-hetero) is 1. The zero-order valence-corrected chi connectivity index (χ0v) is 21.2. The largest absolute Gasteiger partial charge is 0.507 e. The number of amides is 1. The summed E-state index contributed by atoms with van der Waals surface area (Å²) in [6.07, 6.45) is 0. The number of benzene rings is 3. The van der Waals surface area contributed by atoms with Gasteiger partial charge in [0.05, 0.1) is 21.8 Å². The number of hydrogen-bond acceptors (Lipinski definition) is 5. The van der Waals surface area contributed by atoms with Crippen LogP contribution in [0.15, 0.2) is 66.2 Å². The first-order valence-corrected chi connectivity index (χ1v) is 12.5. The number of carbonyl (C=O) groups is 2. The molecule has 5 rings (SSSR count). The van der Waals surface area contributed by atoms with Gasteiger partial charge in [-0.25, -0.2) is 9.37 Å². The van der Waals surface area contributed by atoms with Crippen molar-refractivity contribution in [2.45, 2.75) is 39.7 Å². The van der Waals surface area contributed by atoms with Gasteiger partial charge in [-0.1, -0.05) is 61.1 Å². The van der Waals surface area contributed by atoms with E-state index < -0.39 is 23.5 Å². The van der Waals surface area contributed by atoms with Crippen molar-refractivity contribution in [3.63, 3.8) is 0 Å². The Balaban J connectivity index is 1.72. The summed E-state index contributed by atoms with van der Waals surface area (Å²) >= 11 is 1.34. The molecule has 5 nitrogen and oxygen atoms in total. The van der Waals surface area contributed by atoms with Crippen molar-refractivity contribution in [1.82, 2.24) is 4.98 Å². The third-order valence-electron chi connectivity index (χ3n) is 6.51. The fourth-order valence-corrected chi connectivity index (χ4v) is 5.56. The number of thiazole rings is 1. The summed E-state index contributed by atoms with van der Waals surface area (Å²) in [5.41, 5.74) is 4.07. The van der Waals surface area contributed by atoms with Gasteiger partial charge in [0, 0.05) is 5.56 Å². The maximum atomic E-state index is 13.9. The maximum absolute atomic E-state index is 13.9. The van der Waals surface area contributed by atoms with Crippen molar-refractivity contribution >= 4 is 44.1 Å². The van der Waals surface area contributed by atoms with E-state index in [1.165, 1.54) is 34.4 Å². The van der Waals surface area contributed by atoms with Gasteiger partial charge in [0.15, 0.2) is 5.13 Å². The minimum Gasteiger partial charge on any atom is -0.507 e. The van der Waals surface area contributed by atoms with Crippen LogP contribution >= 0.6 is 11.3 Å². The molecule has 1 atom stereocenters. The molecule has 0 bridgehead atoms. The first-order valence-electron chi connectivity index (χ1n) is 11.7. The van der Waals surface area contributed by atoms with Crippen molar-refractivity contribution < 1.29 is 19.1 Å². The number of anilines is 1. The van der Waals surface area contributed by atoms with Crippen molar-refractivity contribution in [3.05, 3.63) is 99.9 Å². The summed E-state index contributed by atoms with van der Waals surface area (Å²) in [6, 6.07) is 16.7. The fraction of sp³-hybridized carbons (Fsp3) is 0.207. The number of aliphatic hydroxyl groups excluding tert-OH is 1. The van der Waals surface area contributed by atoms with Crippen molar-refractivity contribution in [3.8, 4) is 0 Å². The van der Waals surface area contributed by atoms with Gasteiger partial charge in [0.2, 0.25) is 0 Å². The lowest BCUT2D eigenvalue weighted by Gasteiger charge is -2.23. The van der Waals surface area contributed by atoms with Crippen LogP contribution in [0.5, 0.6) is 0 Å². The average Bonchev–Trinajstić information content (AvgIpc) is 3.38. The number of aromatic nitrogens is 1. The van der Waals surface area contributed by atoms with E-state index in [1.807, 2.05) is 43.3 Å². The molecule has 3 aromatic carbocycles.